The summed E-state index contributed by atoms with van der Waals surface area (Å²) in [4.78, 5) is 5.61. The molecule has 0 fully saturated rings. The fraction of sp³-hybridized carbons (Fsp3) is 0.231. The van der Waals surface area contributed by atoms with Crippen molar-refractivity contribution in [2.24, 2.45) is 5.41 Å². The third-order valence-electron chi connectivity index (χ3n) is 4.86. The molecule has 0 amide bonds. The number of nitrogens with zero attached hydrogens (tertiary/aromatic N) is 3. The maximum Gasteiger partial charge on any atom is 0.269 e. The highest BCUT2D eigenvalue weighted by Crippen LogP contribution is 2.34. The lowest BCUT2D eigenvalue weighted by molar-refractivity contribution is 0.223. The molecule has 30 heavy (non-hydrogen) atoms. The van der Waals surface area contributed by atoms with E-state index >= 15 is 0 Å². The van der Waals surface area contributed by atoms with E-state index in [1.54, 1.807) is 12.2 Å². The SMILES string of the molecule is [C-]#[N+]C(C#N)=C1C=C(C=CC=C2C=Cc3ccccc3N2CC)OC(C(C)(C)C)=C1. The van der Waals surface area contributed by atoms with Gasteiger partial charge in [0, 0.05) is 23.3 Å². The Labute approximate surface area is 178 Å². The number of likely N-dealkylation sites (N-methyl/N-ethyl adjacent to an activating group) is 1. The van der Waals surface area contributed by atoms with Crippen LogP contribution in [-0.2, 0) is 4.74 Å². The molecule has 150 valence electrons. The molecular weight excluding hydrogens is 370 g/mol. The number of para-hydroxylation sites is 1. The molecule has 1 aromatic rings. The van der Waals surface area contributed by atoms with Crippen molar-refractivity contribution >= 4 is 11.8 Å². The molecule has 0 aliphatic carbocycles. The Balaban J connectivity index is 1.91. The number of nitriles is 1. The van der Waals surface area contributed by atoms with E-state index in [0.717, 1.165) is 18.0 Å². The van der Waals surface area contributed by atoms with E-state index in [1.807, 2.05) is 57.2 Å². The lowest BCUT2D eigenvalue weighted by atomic mass is 9.91. The largest absolute Gasteiger partial charge is 0.461 e. The molecule has 0 aromatic heterocycles. The Kier molecular flexibility index (Phi) is 6.09. The van der Waals surface area contributed by atoms with Crippen molar-refractivity contribution in [3.63, 3.8) is 0 Å². The zero-order chi connectivity index (χ0) is 21.7. The van der Waals surface area contributed by atoms with Crippen molar-refractivity contribution in [2.75, 3.05) is 11.4 Å². The van der Waals surface area contributed by atoms with Gasteiger partial charge in [0.15, 0.2) is 0 Å². The smallest absolute Gasteiger partial charge is 0.269 e. The third kappa shape index (κ3) is 4.45. The number of rotatable bonds is 3. The van der Waals surface area contributed by atoms with Crippen LogP contribution in [0.5, 0.6) is 0 Å². The summed E-state index contributed by atoms with van der Waals surface area (Å²) in [6.45, 7) is 16.4. The van der Waals surface area contributed by atoms with Gasteiger partial charge in [-0.15, -0.1) is 0 Å². The van der Waals surface area contributed by atoms with Crippen LogP contribution >= 0.6 is 0 Å². The van der Waals surface area contributed by atoms with E-state index in [-0.39, 0.29) is 11.1 Å². The topological polar surface area (TPSA) is 40.6 Å². The molecular formula is C26H25N3O. The summed E-state index contributed by atoms with van der Waals surface area (Å²) in [7, 11) is 0. The van der Waals surface area contributed by atoms with Crippen LogP contribution in [-0.4, -0.2) is 6.54 Å². The Morgan fingerprint density at radius 1 is 1.23 bits per heavy atom. The molecule has 0 atom stereocenters. The maximum atomic E-state index is 9.27. The first-order valence-corrected chi connectivity index (χ1v) is 9.94. The molecule has 4 nitrogen and oxygen atoms in total. The molecule has 2 heterocycles. The summed E-state index contributed by atoms with van der Waals surface area (Å²) < 4.78 is 6.05. The van der Waals surface area contributed by atoms with E-state index in [0.29, 0.717) is 11.3 Å². The lowest BCUT2D eigenvalue weighted by Crippen LogP contribution is -2.23. The second kappa shape index (κ2) is 8.72. The fourth-order valence-electron chi connectivity index (χ4n) is 3.28. The Bertz CT molecular complexity index is 1090. The van der Waals surface area contributed by atoms with Gasteiger partial charge in [-0.25, -0.2) is 10.1 Å². The molecule has 0 spiro atoms. The molecule has 3 rings (SSSR count). The molecule has 0 saturated carbocycles. The monoisotopic (exact) mass is 395 g/mol. The molecule has 0 N–H and O–H groups in total. The average molecular weight is 396 g/mol. The minimum Gasteiger partial charge on any atom is -0.461 e. The standard InChI is InChI=1S/C26H25N3O/c1-6-29-21(15-14-19-10-7-8-13-24(19)29)11-9-12-22-16-20(23(18-27)28-5)17-25(30-22)26(2,3)4/h7-17H,6H2,1-4H3. The van der Waals surface area contributed by atoms with Crippen LogP contribution in [0.15, 0.2) is 89.2 Å². The van der Waals surface area contributed by atoms with Crippen molar-refractivity contribution in [3.05, 3.63) is 106 Å². The summed E-state index contributed by atoms with van der Waals surface area (Å²) in [6, 6.07) is 10.3. The van der Waals surface area contributed by atoms with Crippen LogP contribution in [0.2, 0.25) is 0 Å². The van der Waals surface area contributed by atoms with Gasteiger partial charge in [-0.2, -0.15) is 0 Å². The first kappa shape index (κ1) is 21.0. The first-order valence-electron chi connectivity index (χ1n) is 9.94. The highest BCUT2D eigenvalue weighted by molar-refractivity contribution is 5.76. The Morgan fingerprint density at radius 3 is 2.67 bits per heavy atom. The lowest BCUT2D eigenvalue weighted by Gasteiger charge is -2.29. The number of ether oxygens (including phenoxy) is 1. The predicted octanol–water partition coefficient (Wildman–Crippen LogP) is 6.52. The van der Waals surface area contributed by atoms with Gasteiger partial charge in [0.1, 0.15) is 11.5 Å². The quantitative estimate of drug-likeness (QED) is 0.432. The van der Waals surface area contributed by atoms with E-state index < -0.39 is 0 Å². The van der Waals surface area contributed by atoms with Crippen molar-refractivity contribution in [2.45, 2.75) is 27.7 Å². The van der Waals surface area contributed by atoms with Gasteiger partial charge in [0.2, 0.25) is 0 Å². The summed E-state index contributed by atoms with van der Waals surface area (Å²) in [5, 5.41) is 9.27. The van der Waals surface area contributed by atoms with Crippen LogP contribution in [0.3, 0.4) is 0 Å². The zero-order valence-corrected chi connectivity index (χ0v) is 17.8. The molecule has 1 aromatic carbocycles. The van der Waals surface area contributed by atoms with Crippen LogP contribution in [0.1, 0.15) is 33.3 Å². The van der Waals surface area contributed by atoms with E-state index in [1.165, 1.54) is 11.3 Å². The Hall–Kier alpha value is -3.76. The van der Waals surface area contributed by atoms with E-state index in [4.69, 9.17) is 11.3 Å². The van der Waals surface area contributed by atoms with Gasteiger partial charge in [-0.1, -0.05) is 51.1 Å². The molecule has 0 unspecified atom stereocenters. The first-order chi connectivity index (χ1) is 14.4. The average Bonchev–Trinajstić information content (AvgIpc) is 2.73. The molecule has 0 radical (unpaired) electrons. The summed E-state index contributed by atoms with van der Waals surface area (Å²) in [5.74, 6) is 1.33. The number of hydrogen-bond donors (Lipinski definition) is 0. The van der Waals surface area contributed by atoms with Crippen LogP contribution in [0.4, 0.5) is 5.69 Å². The third-order valence-corrected chi connectivity index (χ3v) is 4.86. The second-order valence-corrected chi connectivity index (χ2v) is 8.02. The number of allylic oxidation sites excluding steroid dienone is 9. The predicted molar refractivity (Wildman–Crippen MR) is 122 cm³/mol. The van der Waals surface area contributed by atoms with E-state index in [2.05, 4.69) is 41.0 Å². The van der Waals surface area contributed by atoms with Crippen molar-refractivity contribution in [1.29, 1.82) is 5.26 Å². The van der Waals surface area contributed by atoms with E-state index in [9.17, 15) is 5.26 Å². The second-order valence-electron chi connectivity index (χ2n) is 8.02. The normalized spacial score (nSPS) is 18.9. The number of anilines is 1. The van der Waals surface area contributed by atoms with Gasteiger partial charge >= 0.3 is 0 Å². The number of benzene rings is 1. The maximum absolute atomic E-state index is 9.27. The molecule has 2 aliphatic rings. The molecule has 2 aliphatic heterocycles. The highest BCUT2D eigenvalue weighted by atomic mass is 16.5. The fourth-order valence-corrected chi connectivity index (χ4v) is 3.28. The van der Waals surface area contributed by atoms with Gasteiger partial charge in [-0.05, 0) is 54.5 Å². The summed E-state index contributed by atoms with van der Waals surface area (Å²) in [6.07, 6.45) is 13.6. The van der Waals surface area contributed by atoms with Gasteiger partial charge < -0.3 is 9.64 Å². The zero-order valence-electron chi connectivity index (χ0n) is 17.8. The minimum atomic E-state index is -0.242. The summed E-state index contributed by atoms with van der Waals surface area (Å²) >= 11 is 0. The minimum absolute atomic E-state index is 0.0632. The van der Waals surface area contributed by atoms with Crippen molar-refractivity contribution < 1.29 is 4.74 Å². The van der Waals surface area contributed by atoms with Gasteiger partial charge in [-0.3, -0.25) is 0 Å². The highest BCUT2D eigenvalue weighted by Gasteiger charge is 2.24. The van der Waals surface area contributed by atoms with Crippen molar-refractivity contribution in [1.82, 2.24) is 0 Å². The summed E-state index contributed by atoms with van der Waals surface area (Å²) in [5.41, 5.74) is 3.89. The molecule has 0 saturated heterocycles. The van der Waals surface area contributed by atoms with Crippen LogP contribution in [0.25, 0.3) is 10.9 Å². The molecule has 4 heteroatoms. The Morgan fingerprint density at radius 2 is 2.00 bits per heavy atom. The van der Waals surface area contributed by atoms with Crippen LogP contribution in [0, 0.1) is 23.3 Å². The van der Waals surface area contributed by atoms with Gasteiger partial charge in [0.25, 0.3) is 5.70 Å². The number of fused-ring (bicyclic) bond motifs is 1. The van der Waals surface area contributed by atoms with Gasteiger partial charge in [0.05, 0.1) is 12.6 Å². The number of hydrogen-bond acceptors (Lipinski definition) is 3. The van der Waals surface area contributed by atoms with Crippen molar-refractivity contribution in [3.8, 4) is 6.07 Å². The molecule has 0 bridgehead atoms. The van der Waals surface area contributed by atoms with Crippen LogP contribution < -0.4 is 4.90 Å².